The average Bonchev–Trinajstić information content (AvgIpc) is 2.55. The van der Waals surface area contributed by atoms with Gasteiger partial charge < -0.3 is 10.6 Å². The summed E-state index contributed by atoms with van der Waals surface area (Å²) in [7, 11) is 1.81. The van der Waals surface area contributed by atoms with Crippen molar-refractivity contribution in [3.63, 3.8) is 0 Å². The number of halogens is 1. The van der Waals surface area contributed by atoms with Crippen LogP contribution in [0.5, 0.6) is 0 Å². The maximum Gasteiger partial charge on any atom is 0.133 e. The Morgan fingerprint density at radius 2 is 2.25 bits per heavy atom. The Hall–Kier alpha value is -0.150. The predicted molar refractivity (Wildman–Crippen MR) is 49.1 cm³/mol. The fraction of sp³-hybridized carbons (Fsp3) is 1.00. The molecule has 0 aromatic rings. The van der Waals surface area contributed by atoms with E-state index in [1.807, 2.05) is 20.9 Å². The first-order chi connectivity index (χ1) is 5.58. The summed E-state index contributed by atoms with van der Waals surface area (Å²) >= 11 is 0. The van der Waals surface area contributed by atoms with Gasteiger partial charge >= 0.3 is 0 Å². The molecule has 3 heteroatoms. The average molecular weight is 174 g/mol. The molecule has 1 fully saturated rings. The molecule has 0 radical (unpaired) electrons. The van der Waals surface area contributed by atoms with Crippen LogP contribution in [-0.2, 0) is 0 Å². The topological polar surface area (TPSA) is 24.1 Å². The van der Waals surface area contributed by atoms with Crippen molar-refractivity contribution in [3.05, 3.63) is 0 Å². The molecule has 0 spiro atoms. The minimum atomic E-state index is -0.801. The Labute approximate surface area is 73.9 Å². The molecule has 1 aliphatic heterocycles. The number of rotatable bonds is 3. The Morgan fingerprint density at radius 1 is 1.58 bits per heavy atom. The van der Waals surface area contributed by atoms with E-state index in [4.69, 9.17) is 0 Å². The minimum Gasteiger partial charge on any atom is -0.312 e. The summed E-state index contributed by atoms with van der Waals surface area (Å²) in [5.41, 5.74) is -0.415. The molecule has 1 rings (SSSR count). The van der Waals surface area contributed by atoms with Gasteiger partial charge in [-0.15, -0.1) is 0 Å². The van der Waals surface area contributed by atoms with Crippen molar-refractivity contribution in [2.45, 2.75) is 44.4 Å². The summed E-state index contributed by atoms with van der Waals surface area (Å²) in [4.78, 5) is 0. The van der Waals surface area contributed by atoms with Crippen LogP contribution in [0.2, 0.25) is 0 Å². The number of nitrogens with one attached hydrogen (secondary N) is 2. The highest BCUT2D eigenvalue weighted by molar-refractivity contribution is 4.95. The van der Waals surface area contributed by atoms with E-state index in [0.717, 1.165) is 19.4 Å². The third kappa shape index (κ3) is 1.96. The van der Waals surface area contributed by atoms with Crippen LogP contribution in [0.3, 0.4) is 0 Å². The molecule has 0 aliphatic carbocycles. The molecule has 12 heavy (non-hydrogen) atoms. The normalized spacial score (nSPS) is 27.5. The summed E-state index contributed by atoms with van der Waals surface area (Å²) in [6.07, 6.45) is 1.27. The molecule has 1 saturated heterocycles. The van der Waals surface area contributed by atoms with Crippen LogP contribution in [0.1, 0.15) is 26.7 Å². The molecule has 2 nitrogen and oxygen atoms in total. The van der Waals surface area contributed by atoms with Crippen LogP contribution >= 0.6 is 0 Å². The van der Waals surface area contributed by atoms with Crippen molar-refractivity contribution in [1.29, 1.82) is 0 Å². The lowest BCUT2D eigenvalue weighted by Gasteiger charge is -2.32. The molecule has 0 aromatic heterocycles. The third-order valence-corrected chi connectivity index (χ3v) is 2.79. The molecule has 1 heterocycles. The zero-order valence-corrected chi connectivity index (χ0v) is 8.15. The van der Waals surface area contributed by atoms with Gasteiger partial charge in [-0.25, -0.2) is 4.39 Å². The largest absolute Gasteiger partial charge is 0.312 e. The molecule has 2 atom stereocenters. The molecule has 72 valence electrons. The van der Waals surface area contributed by atoms with Gasteiger partial charge in [-0.2, -0.15) is 0 Å². The van der Waals surface area contributed by atoms with Gasteiger partial charge in [0.25, 0.3) is 0 Å². The Bertz CT molecular complexity index is 141. The molecule has 0 saturated carbocycles. The van der Waals surface area contributed by atoms with E-state index >= 15 is 0 Å². The molecule has 2 N–H and O–H groups in total. The van der Waals surface area contributed by atoms with Gasteiger partial charge in [-0.05, 0) is 40.3 Å². The lowest BCUT2D eigenvalue weighted by atomic mass is 9.92. The fourth-order valence-electron chi connectivity index (χ4n) is 1.60. The SMILES string of the molecule is CNC(C)(C)C(F)C1CCCN1. The second kappa shape index (κ2) is 3.71. The minimum absolute atomic E-state index is 0.0486. The van der Waals surface area contributed by atoms with Crippen LogP contribution in [0.4, 0.5) is 4.39 Å². The molecule has 0 aromatic carbocycles. The maximum atomic E-state index is 13.8. The fourth-order valence-corrected chi connectivity index (χ4v) is 1.60. The zero-order chi connectivity index (χ0) is 9.19. The summed E-state index contributed by atoms with van der Waals surface area (Å²) in [5.74, 6) is 0. The molecular formula is C9H19FN2. The molecule has 2 unspecified atom stereocenters. The van der Waals surface area contributed by atoms with Crippen LogP contribution in [0.15, 0.2) is 0 Å². The Kier molecular flexibility index (Phi) is 3.07. The predicted octanol–water partition coefficient (Wildman–Crippen LogP) is 1.07. The highest BCUT2D eigenvalue weighted by atomic mass is 19.1. The lowest BCUT2D eigenvalue weighted by Crippen LogP contribution is -2.53. The molecule has 1 aliphatic rings. The van der Waals surface area contributed by atoms with E-state index in [9.17, 15) is 4.39 Å². The van der Waals surface area contributed by atoms with E-state index in [-0.39, 0.29) is 6.04 Å². The first-order valence-corrected chi connectivity index (χ1v) is 4.64. The highest BCUT2D eigenvalue weighted by Gasteiger charge is 2.35. The lowest BCUT2D eigenvalue weighted by molar-refractivity contribution is 0.148. The van der Waals surface area contributed by atoms with E-state index in [0.29, 0.717) is 0 Å². The van der Waals surface area contributed by atoms with Gasteiger partial charge in [0.15, 0.2) is 0 Å². The quantitative estimate of drug-likeness (QED) is 0.669. The number of hydrogen-bond donors (Lipinski definition) is 2. The third-order valence-electron chi connectivity index (χ3n) is 2.79. The number of alkyl halides is 1. The van der Waals surface area contributed by atoms with E-state index < -0.39 is 11.7 Å². The summed E-state index contributed by atoms with van der Waals surface area (Å²) in [5, 5.41) is 6.18. The molecule has 0 amide bonds. The highest BCUT2D eigenvalue weighted by Crippen LogP contribution is 2.21. The van der Waals surface area contributed by atoms with Crippen LogP contribution < -0.4 is 10.6 Å². The second-order valence-electron chi connectivity index (χ2n) is 4.08. The first-order valence-electron chi connectivity index (χ1n) is 4.64. The van der Waals surface area contributed by atoms with Gasteiger partial charge in [0.1, 0.15) is 6.17 Å². The maximum absolute atomic E-state index is 13.8. The van der Waals surface area contributed by atoms with Gasteiger partial charge in [-0.1, -0.05) is 0 Å². The van der Waals surface area contributed by atoms with E-state index in [1.165, 1.54) is 0 Å². The number of hydrogen-bond acceptors (Lipinski definition) is 2. The standard InChI is InChI=1S/C9H19FN2/c1-9(2,11-3)8(10)7-5-4-6-12-7/h7-8,11-12H,4-6H2,1-3H3. The Balaban J connectivity index is 2.50. The summed E-state index contributed by atoms with van der Waals surface area (Å²) < 4.78 is 13.8. The molecule has 0 bridgehead atoms. The van der Waals surface area contributed by atoms with Crippen molar-refractivity contribution < 1.29 is 4.39 Å². The monoisotopic (exact) mass is 174 g/mol. The van der Waals surface area contributed by atoms with E-state index in [2.05, 4.69) is 10.6 Å². The molecular weight excluding hydrogens is 155 g/mol. The van der Waals surface area contributed by atoms with Gasteiger partial charge in [0, 0.05) is 11.6 Å². The summed E-state index contributed by atoms with van der Waals surface area (Å²) in [6, 6.07) is 0.0486. The van der Waals surface area contributed by atoms with Crippen molar-refractivity contribution in [3.8, 4) is 0 Å². The van der Waals surface area contributed by atoms with E-state index in [1.54, 1.807) is 0 Å². The van der Waals surface area contributed by atoms with Crippen LogP contribution in [-0.4, -0.2) is 31.3 Å². The first kappa shape index (κ1) is 9.93. The Morgan fingerprint density at radius 3 is 2.67 bits per heavy atom. The van der Waals surface area contributed by atoms with Gasteiger partial charge in [0.05, 0.1) is 0 Å². The van der Waals surface area contributed by atoms with Gasteiger partial charge in [-0.3, -0.25) is 0 Å². The van der Waals surface area contributed by atoms with Crippen molar-refractivity contribution in [2.24, 2.45) is 0 Å². The second-order valence-corrected chi connectivity index (χ2v) is 4.08. The van der Waals surface area contributed by atoms with Gasteiger partial charge in [0.2, 0.25) is 0 Å². The van der Waals surface area contributed by atoms with Crippen LogP contribution in [0, 0.1) is 0 Å². The van der Waals surface area contributed by atoms with Crippen molar-refractivity contribution in [2.75, 3.05) is 13.6 Å². The van der Waals surface area contributed by atoms with Crippen LogP contribution in [0.25, 0.3) is 0 Å². The smallest absolute Gasteiger partial charge is 0.133 e. The summed E-state index contributed by atoms with van der Waals surface area (Å²) in [6.45, 7) is 4.76. The zero-order valence-electron chi connectivity index (χ0n) is 8.15. The van der Waals surface area contributed by atoms with Crippen molar-refractivity contribution in [1.82, 2.24) is 10.6 Å². The van der Waals surface area contributed by atoms with Crippen molar-refractivity contribution >= 4 is 0 Å².